The normalized spacial score (nSPS) is 12.8. The molecular formula is C11H14. The Hall–Kier alpha value is -1.30. The second-order valence-electron chi connectivity index (χ2n) is 1.92. The summed E-state index contributed by atoms with van der Waals surface area (Å²) in [6.45, 7) is 5.55. The molecule has 0 aliphatic rings. The molecule has 0 aliphatic heterocycles. The lowest BCUT2D eigenvalue weighted by molar-refractivity contribution is 1.73. The summed E-state index contributed by atoms with van der Waals surface area (Å²) < 4.78 is 0. The third-order valence-corrected chi connectivity index (χ3v) is 0.995. The van der Waals surface area contributed by atoms with Gasteiger partial charge in [-0.1, -0.05) is 61.3 Å². The summed E-state index contributed by atoms with van der Waals surface area (Å²) in [5.74, 6) is 0. The highest BCUT2D eigenvalue weighted by Gasteiger charge is 1.59. The first-order valence-electron chi connectivity index (χ1n) is 3.65. The number of rotatable bonds is 4. The molecule has 0 saturated heterocycles. The smallest absolute Gasteiger partial charge is 0.0467 e. The Balaban J connectivity index is 3.59. The molecule has 0 bridgehead atoms. The zero-order valence-electron chi connectivity index (χ0n) is 6.90. The van der Waals surface area contributed by atoms with E-state index in [9.17, 15) is 0 Å². The van der Waals surface area contributed by atoms with Crippen LogP contribution >= 0.6 is 0 Å². The van der Waals surface area contributed by atoms with E-state index in [1.165, 1.54) is 0 Å². The van der Waals surface area contributed by atoms with Gasteiger partial charge < -0.3 is 0 Å². The molecular weight excluding hydrogens is 132 g/mol. The third kappa shape index (κ3) is 8.70. The van der Waals surface area contributed by atoms with E-state index in [0.29, 0.717) is 0 Å². The molecule has 0 heterocycles. The lowest BCUT2D eigenvalue weighted by atomic mass is 10.4. The average molecular weight is 146 g/mol. The van der Waals surface area contributed by atoms with Crippen LogP contribution in [0.25, 0.3) is 0 Å². The Kier molecular flexibility index (Phi) is 7.67. The first-order chi connectivity index (χ1) is 5.41. The number of hydrogen-bond donors (Lipinski definition) is 0. The maximum absolute atomic E-state index is 3.56. The van der Waals surface area contributed by atoms with Crippen LogP contribution in [0.4, 0.5) is 0 Å². The molecule has 0 unspecified atom stereocenters. The molecule has 0 aromatic heterocycles. The zero-order valence-corrected chi connectivity index (χ0v) is 6.90. The molecule has 0 N–H and O–H groups in total. The monoisotopic (exact) mass is 146 g/mol. The fourth-order valence-corrected chi connectivity index (χ4v) is 0.510. The van der Waals surface area contributed by atoms with Crippen molar-refractivity contribution >= 4 is 0 Å². The molecule has 11 heavy (non-hydrogen) atoms. The van der Waals surface area contributed by atoms with E-state index in [4.69, 9.17) is 0 Å². The van der Waals surface area contributed by atoms with Gasteiger partial charge in [-0.15, -0.1) is 0 Å². The van der Waals surface area contributed by atoms with E-state index in [1.807, 2.05) is 55.5 Å². The first kappa shape index (κ1) is 9.70. The van der Waals surface area contributed by atoms with Crippen LogP contribution in [0.3, 0.4) is 0 Å². The summed E-state index contributed by atoms with van der Waals surface area (Å²) in [7, 11) is 0. The highest BCUT2D eigenvalue weighted by Crippen LogP contribution is 1.81. The quantitative estimate of drug-likeness (QED) is 0.533. The Bertz CT molecular complexity index is 190. The lowest BCUT2D eigenvalue weighted by Crippen LogP contribution is -1.49. The van der Waals surface area contributed by atoms with Crippen LogP contribution in [0.1, 0.15) is 6.92 Å². The van der Waals surface area contributed by atoms with Gasteiger partial charge in [0.1, 0.15) is 0 Å². The lowest BCUT2D eigenvalue weighted by Gasteiger charge is -1.71. The minimum atomic E-state index is 1.75. The molecule has 0 rings (SSSR count). The summed E-state index contributed by atoms with van der Waals surface area (Å²) in [6.07, 6.45) is 17.5. The molecule has 0 aliphatic carbocycles. The Morgan fingerprint density at radius 2 is 1.18 bits per heavy atom. The summed E-state index contributed by atoms with van der Waals surface area (Å²) >= 11 is 0. The van der Waals surface area contributed by atoms with Gasteiger partial charge in [0, 0.05) is 0 Å². The van der Waals surface area contributed by atoms with Crippen molar-refractivity contribution < 1.29 is 0 Å². The van der Waals surface area contributed by atoms with E-state index < -0.39 is 0 Å². The SMILES string of the molecule is C=C/C=C/C=C\C=C/C=C/C. The van der Waals surface area contributed by atoms with E-state index in [0.717, 1.165) is 0 Å². The highest BCUT2D eigenvalue weighted by atomic mass is 13.7. The zero-order chi connectivity index (χ0) is 8.36. The molecule has 0 aromatic rings. The van der Waals surface area contributed by atoms with Gasteiger partial charge in [0.15, 0.2) is 0 Å². The van der Waals surface area contributed by atoms with Gasteiger partial charge in [-0.3, -0.25) is 0 Å². The Morgan fingerprint density at radius 3 is 1.64 bits per heavy atom. The maximum Gasteiger partial charge on any atom is -0.0467 e. The molecule has 0 saturated carbocycles. The standard InChI is InChI=1S/C11H14/c1-3-5-7-9-11-10-8-6-4-2/h3-11H,1H2,2H3/b6-4+,7-5+,10-8-,11-9-. The minimum Gasteiger partial charge on any atom is -0.0991 e. The number of allylic oxidation sites excluding steroid dienone is 9. The van der Waals surface area contributed by atoms with Crippen molar-refractivity contribution in [2.45, 2.75) is 6.92 Å². The molecule has 0 atom stereocenters. The van der Waals surface area contributed by atoms with Crippen molar-refractivity contribution in [2.24, 2.45) is 0 Å². The summed E-state index contributed by atoms with van der Waals surface area (Å²) in [6, 6.07) is 0. The van der Waals surface area contributed by atoms with Gasteiger partial charge in [-0.05, 0) is 6.92 Å². The van der Waals surface area contributed by atoms with Crippen LogP contribution in [-0.2, 0) is 0 Å². The van der Waals surface area contributed by atoms with Gasteiger partial charge in [0.05, 0.1) is 0 Å². The molecule has 0 spiro atoms. The Morgan fingerprint density at radius 1 is 0.727 bits per heavy atom. The van der Waals surface area contributed by atoms with E-state index in [1.54, 1.807) is 6.08 Å². The van der Waals surface area contributed by atoms with Crippen molar-refractivity contribution in [2.75, 3.05) is 0 Å². The predicted molar refractivity (Wildman–Crippen MR) is 52.4 cm³/mol. The molecule has 0 aromatic carbocycles. The van der Waals surface area contributed by atoms with Crippen molar-refractivity contribution in [3.63, 3.8) is 0 Å². The fourth-order valence-electron chi connectivity index (χ4n) is 0.510. The van der Waals surface area contributed by atoms with Crippen LogP contribution in [0, 0.1) is 0 Å². The predicted octanol–water partition coefficient (Wildman–Crippen LogP) is 3.42. The van der Waals surface area contributed by atoms with E-state index in [2.05, 4.69) is 6.58 Å². The summed E-state index contributed by atoms with van der Waals surface area (Å²) in [4.78, 5) is 0. The molecule has 0 amide bonds. The molecule has 0 nitrogen and oxygen atoms in total. The van der Waals surface area contributed by atoms with Crippen LogP contribution in [0.5, 0.6) is 0 Å². The van der Waals surface area contributed by atoms with Crippen molar-refractivity contribution in [3.05, 3.63) is 61.3 Å². The van der Waals surface area contributed by atoms with Crippen LogP contribution in [-0.4, -0.2) is 0 Å². The van der Waals surface area contributed by atoms with Gasteiger partial charge in [-0.2, -0.15) is 0 Å². The van der Waals surface area contributed by atoms with E-state index in [-0.39, 0.29) is 0 Å². The summed E-state index contributed by atoms with van der Waals surface area (Å²) in [5, 5.41) is 0. The van der Waals surface area contributed by atoms with Crippen LogP contribution < -0.4 is 0 Å². The van der Waals surface area contributed by atoms with Gasteiger partial charge in [-0.25, -0.2) is 0 Å². The molecule has 0 heteroatoms. The van der Waals surface area contributed by atoms with Gasteiger partial charge >= 0.3 is 0 Å². The van der Waals surface area contributed by atoms with Crippen molar-refractivity contribution in [1.29, 1.82) is 0 Å². The topological polar surface area (TPSA) is 0 Å². The van der Waals surface area contributed by atoms with E-state index >= 15 is 0 Å². The molecule has 58 valence electrons. The Labute approximate surface area is 68.9 Å². The van der Waals surface area contributed by atoms with Crippen molar-refractivity contribution in [3.8, 4) is 0 Å². The second-order valence-corrected chi connectivity index (χ2v) is 1.92. The first-order valence-corrected chi connectivity index (χ1v) is 3.65. The maximum atomic E-state index is 3.56. The summed E-state index contributed by atoms with van der Waals surface area (Å²) in [5.41, 5.74) is 0. The molecule has 0 fully saturated rings. The van der Waals surface area contributed by atoms with Crippen LogP contribution in [0.15, 0.2) is 61.3 Å². The van der Waals surface area contributed by atoms with Crippen molar-refractivity contribution in [1.82, 2.24) is 0 Å². The highest BCUT2D eigenvalue weighted by molar-refractivity contribution is 5.16. The average Bonchev–Trinajstić information content (AvgIpc) is 2.03. The second kappa shape index (κ2) is 8.70. The van der Waals surface area contributed by atoms with Gasteiger partial charge in [0.2, 0.25) is 0 Å². The molecule has 0 radical (unpaired) electrons. The van der Waals surface area contributed by atoms with Crippen LogP contribution in [0.2, 0.25) is 0 Å². The van der Waals surface area contributed by atoms with Gasteiger partial charge in [0.25, 0.3) is 0 Å². The third-order valence-electron chi connectivity index (χ3n) is 0.995. The fraction of sp³-hybridized carbons (Fsp3) is 0.0909. The minimum absolute atomic E-state index is 1.75. The largest absolute Gasteiger partial charge is 0.0991 e. The number of hydrogen-bond acceptors (Lipinski definition) is 0.